The van der Waals surface area contributed by atoms with Crippen molar-refractivity contribution in [1.82, 2.24) is 5.32 Å². The van der Waals surface area contributed by atoms with Crippen molar-refractivity contribution in [3.63, 3.8) is 0 Å². The van der Waals surface area contributed by atoms with E-state index in [2.05, 4.69) is 34.5 Å². The number of nitrogens with zero attached hydrogens (tertiary/aromatic N) is 1. The lowest BCUT2D eigenvalue weighted by atomic mass is 9.93. The summed E-state index contributed by atoms with van der Waals surface area (Å²) in [7, 11) is 0. The molecule has 2 aliphatic rings. The second-order valence-electron chi connectivity index (χ2n) is 5.72. The van der Waals surface area contributed by atoms with E-state index in [4.69, 9.17) is 0 Å². The van der Waals surface area contributed by atoms with Gasteiger partial charge >= 0.3 is 0 Å². The minimum Gasteiger partial charge on any atom is -0.372 e. The molecule has 18 heavy (non-hydrogen) atoms. The van der Waals surface area contributed by atoms with Gasteiger partial charge in [0.05, 0.1) is 0 Å². The van der Waals surface area contributed by atoms with Gasteiger partial charge in [-0.25, -0.2) is 0 Å². The van der Waals surface area contributed by atoms with Crippen LogP contribution in [0.5, 0.6) is 0 Å². The van der Waals surface area contributed by atoms with Gasteiger partial charge in [-0.3, -0.25) is 0 Å². The minimum atomic E-state index is 0.784. The summed E-state index contributed by atoms with van der Waals surface area (Å²) >= 11 is 0. The fourth-order valence-electron chi connectivity index (χ4n) is 2.85. The van der Waals surface area contributed by atoms with E-state index in [-0.39, 0.29) is 0 Å². The van der Waals surface area contributed by atoms with Crippen LogP contribution in [0.1, 0.15) is 44.1 Å². The molecule has 0 atom stereocenters. The lowest BCUT2D eigenvalue weighted by molar-refractivity contribution is 0.338. The van der Waals surface area contributed by atoms with E-state index in [9.17, 15) is 0 Å². The van der Waals surface area contributed by atoms with E-state index in [1.54, 1.807) is 0 Å². The molecule has 1 aliphatic carbocycles. The maximum absolute atomic E-state index is 3.62. The first kappa shape index (κ1) is 12.0. The molecule has 2 heteroatoms. The summed E-state index contributed by atoms with van der Waals surface area (Å²) in [4.78, 5) is 2.52. The first-order valence-electron chi connectivity index (χ1n) is 7.49. The molecule has 1 N–H and O–H groups in total. The van der Waals surface area contributed by atoms with Crippen molar-refractivity contribution in [1.29, 1.82) is 0 Å². The first-order chi connectivity index (χ1) is 8.92. The Morgan fingerprint density at radius 3 is 2.28 bits per heavy atom. The minimum absolute atomic E-state index is 0.784. The van der Waals surface area contributed by atoms with Crippen LogP contribution >= 0.6 is 0 Å². The number of nitrogens with one attached hydrogen (secondary N) is 1. The summed E-state index contributed by atoms with van der Waals surface area (Å²) in [6, 6.07) is 9.95. The Hall–Kier alpha value is -1.02. The van der Waals surface area contributed by atoms with Crippen LogP contribution < -0.4 is 10.2 Å². The van der Waals surface area contributed by atoms with Crippen molar-refractivity contribution >= 4 is 5.69 Å². The normalized spacial score (nSPS) is 20.8. The fourth-order valence-corrected chi connectivity index (χ4v) is 2.85. The lowest BCUT2D eigenvalue weighted by Gasteiger charge is -2.29. The molecule has 0 aromatic heterocycles. The van der Waals surface area contributed by atoms with E-state index in [1.165, 1.54) is 62.9 Å². The van der Waals surface area contributed by atoms with Crippen LogP contribution in [0.2, 0.25) is 0 Å². The Kier molecular flexibility index (Phi) is 3.84. The molecule has 0 bridgehead atoms. The van der Waals surface area contributed by atoms with Crippen LogP contribution in [0.15, 0.2) is 24.3 Å². The third-order valence-electron chi connectivity index (χ3n) is 4.36. The predicted octanol–water partition coefficient (Wildman–Crippen LogP) is 3.32. The second-order valence-corrected chi connectivity index (χ2v) is 5.72. The molecule has 1 aliphatic heterocycles. The van der Waals surface area contributed by atoms with E-state index < -0.39 is 0 Å². The molecular formula is C16H24N2. The van der Waals surface area contributed by atoms with Crippen LogP contribution in [0.25, 0.3) is 0 Å². The third kappa shape index (κ3) is 2.86. The molecule has 0 radical (unpaired) electrons. The largest absolute Gasteiger partial charge is 0.372 e. The molecule has 2 nitrogen and oxygen atoms in total. The molecule has 1 aromatic carbocycles. The first-order valence-corrected chi connectivity index (χ1v) is 7.49. The molecule has 0 amide bonds. The lowest BCUT2D eigenvalue weighted by Crippen LogP contribution is -2.34. The maximum atomic E-state index is 3.62. The van der Waals surface area contributed by atoms with Crippen LogP contribution in [-0.2, 0) is 6.54 Å². The zero-order valence-corrected chi connectivity index (χ0v) is 11.2. The SMILES string of the molecule is c1cc(N2CCCCC2)ccc1CNC1CCC1. The molecule has 2 fully saturated rings. The molecule has 1 heterocycles. The fraction of sp³-hybridized carbons (Fsp3) is 0.625. The van der Waals surface area contributed by atoms with Crippen molar-refractivity contribution in [3.05, 3.63) is 29.8 Å². The third-order valence-corrected chi connectivity index (χ3v) is 4.36. The van der Waals surface area contributed by atoms with Crippen LogP contribution in [-0.4, -0.2) is 19.1 Å². The Morgan fingerprint density at radius 1 is 0.944 bits per heavy atom. The van der Waals surface area contributed by atoms with Crippen LogP contribution in [0.4, 0.5) is 5.69 Å². The highest BCUT2D eigenvalue weighted by atomic mass is 15.1. The number of hydrogen-bond donors (Lipinski definition) is 1. The van der Waals surface area contributed by atoms with Gasteiger partial charge in [-0.2, -0.15) is 0 Å². The molecule has 1 saturated carbocycles. The predicted molar refractivity (Wildman–Crippen MR) is 77.0 cm³/mol. The van der Waals surface area contributed by atoms with Crippen molar-refractivity contribution in [2.24, 2.45) is 0 Å². The molecule has 0 unspecified atom stereocenters. The topological polar surface area (TPSA) is 15.3 Å². The molecule has 0 spiro atoms. The van der Waals surface area contributed by atoms with Gasteiger partial charge in [-0.1, -0.05) is 18.6 Å². The van der Waals surface area contributed by atoms with Crippen molar-refractivity contribution in [2.75, 3.05) is 18.0 Å². The van der Waals surface area contributed by atoms with Crippen LogP contribution in [0.3, 0.4) is 0 Å². The molecular weight excluding hydrogens is 220 g/mol. The standard InChI is InChI=1S/C16H24N2/c1-2-11-18(12-3-1)16-9-7-14(8-10-16)13-17-15-5-4-6-15/h7-10,15,17H,1-6,11-13H2. The Labute approximate surface area is 110 Å². The summed E-state index contributed by atoms with van der Waals surface area (Å²) in [6.45, 7) is 3.50. The van der Waals surface area contributed by atoms with Gasteiger partial charge in [0.15, 0.2) is 0 Å². The summed E-state index contributed by atoms with van der Waals surface area (Å²) in [5, 5.41) is 3.62. The van der Waals surface area contributed by atoms with Crippen molar-refractivity contribution < 1.29 is 0 Å². The Balaban J connectivity index is 1.54. The van der Waals surface area contributed by atoms with E-state index in [0.29, 0.717) is 0 Å². The van der Waals surface area contributed by atoms with Gasteiger partial charge < -0.3 is 10.2 Å². The van der Waals surface area contributed by atoms with Gasteiger partial charge in [0.1, 0.15) is 0 Å². The Bertz CT molecular complexity index is 361. The molecule has 3 rings (SSSR count). The molecule has 1 saturated heterocycles. The smallest absolute Gasteiger partial charge is 0.0366 e. The quantitative estimate of drug-likeness (QED) is 0.874. The number of benzene rings is 1. The highest BCUT2D eigenvalue weighted by molar-refractivity contribution is 5.47. The van der Waals surface area contributed by atoms with Gasteiger partial charge in [0.25, 0.3) is 0 Å². The average molecular weight is 244 g/mol. The number of rotatable bonds is 4. The highest BCUT2D eigenvalue weighted by Gasteiger charge is 2.16. The molecule has 1 aromatic rings. The summed E-state index contributed by atoms with van der Waals surface area (Å²) in [6.07, 6.45) is 8.25. The number of piperidine rings is 1. The van der Waals surface area contributed by atoms with Gasteiger partial charge in [-0.15, -0.1) is 0 Å². The highest BCUT2D eigenvalue weighted by Crippen LogP contribution is 2.21. The van der Waals surface area contributed by atoms with E-state index >= 15 is 0 Å². The second kappa shape index (κ2) is 5.75. The van der Waals surface area contributed by atoms with Gasteiger partial charge in [0, 0.05) is 31.4 Å². The van der Waals surface area contributed by atoms with Gasteiger partial charge in [-0.05, 0) is 49.8 Å². The molecule has 98 valence electrons. The average Bonchev–Trinajstić information content (AvgIpc) is 2.39. The van der Waals surface area contributed by atoms with Crippen molar-refractivity contribution in [3.8, 4) is 0 Å². The van der Waals surface area contributed by atoms with Gasteiger partial charge in [0.2, 0.25) is 0 Å². The van der Waals surface area contributed by atoms with Crippen molar-refractivity contribution in [2.45, 2.75) is 51.1 Å². The summed E-state index contributed by atoms with van der Waals surface area (Å²) in [5.74, 6) is 0. The van der Waals surface area contributed by atoms with E-state index in [0.717, 1.165) is 12.6 Å². The maximum Gasteiger partial charge on any atom is 0.0366 e. The Morgan fingerprint density at radius 2 is 1.67 bits per heavy atom. The zero-order valence-electron chi connectivity index (χ0n) is 11.2. The van der Waals surface area contributed by atoms with E-state index in [1.807, 2.05) is 0 Å². The summed E-state index contributed by atoms with van der Waals surface area (Å²) < 4.78 is 0. The number of hydrogen-bond acceptors (Lipinski definition) is 2. The zero-order chi connectivity index (χ0) is 12.2. The monoisotopic (exact) mass is 244 g/mol. The van der Waals surface area contributed by atoms with Crippen LogP contribution in [0, 0.1) is 0 Å². The summed E-state index contributed by atoms with van der Waals surface area (Å²) in [5.41, 5.74) is 2.82. The number of anilines is 1.